The summed E-state index contributed by atoms with van der Waals surface area (Å²) in [5.41, 5.74) is 0.793. The van der Waals surface area contributed by atoms with Crippen LogP contribution in [0.4, 0.5) is 6.01 Å². The quantitative estimate of drug-likeness (QED) is 0.915. The molecule has 21 heavy (non-hydrogen) atoms. The van der Waals surface area contributed by atoms with Gasteiger partial charge in [-0.1, -0.05) is 17.3 Å². The molecular weight excluding hydrogens is 272 g/mol. The van der Waals surface area contributed by atoms with Crippen molar-refractivity contribution in [1.82, 2.24) is 15.0 Å². The molecule has 0 spiro atoms. The number of nitrogens with zero attached hydrogens (tertiary/aromatic N) is 3. The number of rotatable bonds is 4. The van der Waals surface area contributed by atoms with Gasteiger partial charge in [-0.3, -0.25) is 4.79 Å². The monoisotopic (exact) mass is 288 g/mol. The second kappa shape index (κ2) is 5.43. The number of amides is 1. The summed E-state index contributed by atoms with van der Waals surface area (Å²) in [6.45, 7) is 0.730. The second-order valence-corrected chi connectivity index (χ2v) is 4.90. The van der Waals surface area contributed by atoms with E-state index in [1.165, 1.54) is 0 Å². The molecule has 0 bridgehead atoms. The van der Waals surface area contributed by atoms with Gasteiger partial charge in [0.15, 0.2) is 0 Å². The van der Waals surface area contributed by atoms with Gasteiger partial charge in [0.1, 0.15) is 11.8 Å². The Morgan fingerprint density at radius 3 is 3.05 bits per heavy atom. The minimum absolute atomic E-state index is 0.0381. The summed E-state index contributed by atoms with van der Waals surface area (Å²) in [5.74, 6) is 1.21. The lowest BCUT2D eigenvalue weighted by Gasteiger charge is -2.09. The normalized spacial score (nSPS) is 18.1. The van der Waals surface area contributed by atoms with E-state index in [0.29, 0.717) is 5.82 Å². The third kappa shape index (κ3) is 2.67. The molecule has 1 saturated heterocycles. The molecule has 0 aliphatic carbocycles. The average Bonchev–Trinajstić information content (AvgIpc) is 3.10. The third-order valence-corrected chi connectivity index (χ3v) is 3.48. The van der Waals surface area contributed by atoms with Crippen LogP contribution in [0.5, 0.6) is 5.75 Å². The van der Waals surface area contributed by atoms with Crippen molar-refractivity contribution in [2.45, 2.75) is 12.5 Å². The molecule has 1 amide bonds. The largest absolute Gasteiger partial charge is 0.497 e. The molecule has 2 aromatic rings. The summed E-state index contributed by atoms with van der Waals surface area (Å²) in [6, 6.07) is 7.34. The number of hydrogen-bond donors (Lipinski definition) is 1. The molecule has 2 heterocycles. The Labute approximate surface area is 121 Å². The van der Waals surface area contributed by atoms with Crippen LogP contribution in [-0.4, -0.2) is 47.7 Å². The molecule has 0 radical (unpaired) electrons. The van der Waals surface area contributed by atoms with E-state index < -0.39 is 0 Å². The van der Waals surface area contributed by atoms with Gasteiger partial charge in [0, 0.05) is 19.2 Å². The Balaban J connectivity index is 1.75. The van der Waals surface area contributed by atoms with Crippen LogP contribution in [0, 0.1) is 0 Å². The van der Waals surface area contributed by atoms with Crippen molar-refractivity contribution in [1.29, 1.82) is 0 Å². The minimum atomic E-state index is -0.298. The summed E-state index contributed by atoms with van der Waals surface area (Å²) in [7, 11) is 3.38. The number of aromatic nitrogens is 2. The maximum atomic E-state index is 11.8. The molecule has 7 nitrogen and oxygen atoms in total. The maximum Gasteiger partial charge on any atom is 0.322 e. The number of likely N-dealkylation sites (N-methyl/N-ethyl adjacent to an activating group) is 1. The van der Waals surface area contributed by atoms with Gasteiger partial charge in [-0.15, -0.1) is 0 Å². The van der Waals surface area contributed by atoms with Gasteiger partial charge in [-0.25, -0.2) is 0 Å². The number of ether oxygens (including phenoxy) is 1. The van der Waals surface area contributed by atoms with Crippen LogP contribution in [-0.2, 0) is 4.79 Å². The molecule has 7 heteroatoms. The van der Waals surface area contributed by atoms with Crippen LogP contribution < -0.4 is 10.1 Å². The average molecular weight is 288 g/mol. The number of hydrogen-bond acceptors (Lipinski definition) is 6. The van der Waals surface area contributed by atoms with E-state index in [2.05, 4.69) is 15.5 Å². The standard InChI is InChI=1S/C14H16N4O3/c1-18-7-6-11(13(18)19)15-14-16-12(17-21-14)9-4-3-5-10(8-9)20-2/h3-5,8,11H,6-7H2,1-2H3,(H,15,16,17). The predicted molar refractivity (Wildman–Crippen MR) is 76.0 cm³/mol. The maximum absolute atomic E-state index is 11.8. The first kappa shape index (κ1) is 13.4. The van der Waals surface area contributed by atoms with Crippen LogP contribution in [0.15, 0.2) is 28.8 Å². The number of benzene rings is 1. The van der Waals surface area contributed by atoms with Crippen LogP contribution >= 0.6 is 0 Å². The van der Waals surface area contributed by atoms with Gasteiger partial charge in [-0.05, 0) is 18.6 Å². The Hall–Kier alpha value is -2.57. The molecule has 1 atom stereocenters. The van der Waals surface area contributed by atoms with Crippen molar-refractivity contribution in [3.63, 3.8) is 0 Å². The molecule has 3 rings (SSSR count). The van der Waals surface area contributed by atoms with E-state index >= 15 is 0 Å². The fourth-order valence-electron chi connectivity index (χ4n) is 2.27. The van der Waals surface area contributed by atoms with Gasteiger partial charge in [0.25, 0.3) is 0 Å². The van der Waals surface area contributed by atoms with Crippen molar-refractivity contribution in [3.05, 3.63) is 24.3 Å². The molecule has 1 N–H and O–H groups in total. The van der Waals surface area contributed by atoms with Crippen molar-refractivity contribution >= 4 is 11.9 Å². The Kier molecular flexibility index (Phi) is 3.47. The zero-order valence-electron chi connectivity index (χ0n) is 11.9. The van der Waals surface area contributed by atoms with Crippen molar-refractivity contribution in [2.75, 3.05) is 26.0 Å². The Bertz CT molecular complexity index is 655. The predicted octanol–water partition coefficient (Wildman–Crippen LogP) is 1.39. The lowest BCUT2D eigenvalue weighted by atomic mass is 10.2. The van der Waals surface area contributed by atoms with Gasteiger partial charge >= 0.3 is 6.01 Å². The van der Waals surface area contributed by atoms with Gasteiger partial charge in [-0.2, -0.15) is 4.98 Å². The van der Waals surface area contributed by atoms with Crippen LogP contribution in [0.3, 0.4) is 0 Å². The highest BCUT2D eigenvalue weighted by molar-refractivity contribution is 5.85. The number of anilines is 1. The highest BCUT2D eigenvalue weighted by atomic mass is 16.5. The van der Waals surface area contributed by atoms with E-state index in [1.807, 2.05) is 24.3 Å². The summed E-state index contributed by atoms with van der Waals surface area (Å²) < 4.78 is 10.3. The first-order valence-electron chi connectivity index (χ1n) is 6.67. The van der Waals surface area contributed by atoms with E-state index in [0.717, 1.165) is 24.3 Å². The fourth-order valence-corrected chi connectivity index (χ4v) is 2.27. The molecule has 1 fully saturated rings. The van der Waals surface area contributed by atoms with Gasteiger partial charge < -0.3 is 19.5 Å². The summed E-state index contributed by atoms with van der Waals surface area (Å²) in [6.07, 6.45) is 0.728. The van der Waals surface area contributed by atoms with E-state index in [9.17, 15) is 4.79 Å². The molecule has 1 aliphatic heterocycles. The number of likely N-dealkylation sites (tertiary alicyclic amines) is 1. The van der Waals surface area contributed by atoms with Crippen LogP contribution in [0.25, 0.3) is 11.4 Å². The second-order valence-electron chi connectivity index (χ2n) is 4.90. The molecule has 1 aromatic heterocycles. The Morgan fingerprint density at radius 2 is 2.33 bits per heavy atom. The first-order chi connectivity index (χ1) is 10.2. The first-order valence-corrected chi connectivity index (χ1v) is 6.67. The zero-order chi connectivity index (χ0) is 14.8. The molecule has 1 aliphatic rings. The van der Waals surface area contributed by atoms with Gasteiger partial charge in [0.2, 0.25) is 11.7 Å². The zero-order valence-corrected chi connectivity index (χ0v) is 11.9. The van der Waals surface area contributed by atoms with Crippen molar-refractivity contribution in [2.24, 2.45) is 0 Å². The molecule has 0 saturated carbocycles. The fraction of sp³-hybridized carbons (Fsp3) is 0.357. The van der Waals surface area contributed by atoms with Gasteiger partial charge in [0.05, 0.1) is 7.11 Å². The lowest BCUT2D eigenvalue weighted by Crippen LogP contribution is -2.31. The number of nitrogens with one attached hydrogen (secondary N) is 1. The highest BCUT2D eigenvalue weighted by Gasteiger charge is 2.30. The molecule has 110 valence electrons. The van der Waals surface area contributed by atoms with Crippen molar-refractivity contribution in [3.8, 4) is 17.1 Å². The highest BCUT2D eigenvalue weighted by Crippen LogP contribution is 2.23. The number of carbonyl (C=O) groups excluding carboxylic acids is 1. The third-order valence-electron chi connectivity index (χ3n) is 3.48. The minimum Gasteiger partial charge on any atom is -0.497 e. The van der Waals surface area contributed by atoms with Crippen LogP contribution in [0.1, 0.15) is 6.42 Å². The van der Waals surface area contributed by atoms with Crippen molar-refractivity contribution < 1.29 is 14.1 Å². The van der Waals surface area contributed by atoms with Crippen LogP contribution in [0.2, 0.25) is 0 Å². The van der Waals surface area contributed by atoms with E-state index in [4.69, 9.17) is 9.26 Å². The molecule has 1 aromatic carbocycles. The smallest absolute Gasteiger partial charge is 0.322 e. The number of methoxy groups -OCH3 is 1. The summed E-state index contributed by atoms with van der Waals surface area (Å²) >= 11 is 0. The lowest BCUT2D eigenvalue weighted by molar-refractivity contribution is -0.127. The Morgan fingerprint density at radius 1 is 1.48 bits per heavy atom. The van der Waals surface area contributed by atoms with E-state index in [1.54, 1.807) is 19.1 Å². The topological polar surface area (TPSA) is 80.5 Å². The molecule has 1 unspecified atom stereocenters. The number of carbonyl (C=O) groups is 1. The summed E-state index contributed by atoms with van der Waals surface area (Å²) in [5, 5.41) is 6.90. The molecular formula is C14H16N4O3. The van der Waals surface area contributed by atoms with E-state index in [-0.39, 0.29) is 18.0 Å². The SMILES string of the molecule is COc1cccc(-c2noc(NC3CCN(C)C3=O)n2)c1. The summed E-state index contributed by atoms with van der Waals surface area (Å²) in [4.78, 5) is 17.8.